The third-order valence-electron chi connectivity index (χ3n) is 2.16. The molecule has 18 heavy (non-hydrogen) atoms. The van der Waals surface area contributed by atoms with Gasteiger partial charge in [0.25, 0.3) is 0 Å². The predicted molar refractivity (Wildman–Crippen MR) is 56.6 cm³/mol. The number of aliphatic carboxylic acids is 1. The zero-order chi connectivity index (χ0) is 13.2. The van der Waals surface area contributed by atoms with Crippen molar-refractivity contribution < 1.29 is 22.9 Å². The summed E-state index contributed by atoms with van der Waals surface area (Å²) in [5, 5.41) is 17.2. The molecule has 0 amide bonds. The summed E-state index contributed by atoms with van der Waals surface area (Å²) in [6, 6.07) is 4.36. The van der Waals surface area contributed by atoms with Gasteiger partial charge in [0.1, 0.15) is 10.4 Å². The minimum atomic E-state index is -3.86. The summed E-state index contributed by atoms with van der Waals surface area (Å²) in [6.07, 6.45) is -0.410. The first-order valence-electron chi connectivity index (χ1n) is 4.91. The van der Waals surface area contributed by atoms with Crippen LogP contribution in [0.15, 0.2) is 27.7 Å². The van der Waals surface area contributed by atoms with Crippen LogP contribution >= 0.6 is 0 Å². The fourth-order valence-corrected chi connectivity index (χ4v) is 2.54. The molecule has 0 spiro atoms. The van der Waals surface area contributed by atoms with Gasteiger partial charge in [0.05, 0.1) is 0 Å². The van der Waals surface area contributed by atoms with E-state index in [2.05, 4.69) is 19.7 Å². The molecule has 0 aliphatic heterocycles. The van der Waals surface area contributed by atoms with Gasteiger partial charge in [0.15, 0.2) is 5.52 Å². The summed E-state index contributed by atoms with van der Waals surface area (Å²) in [5.41, 5.74) is 0.399. The van der Waals surface area contributed by atoms with Crippen molar-refractivity contribution in [3.63, 3.8) is 0 Å². The van der Waals surface area contributed by atoms with Crippen LogP contribution in [0.1, 0.15) is 6.42 Å². The van der Waals surface area contributed by atoms with E-state index in [1.807, 2.05) is 0 Å². The Kier molecular flexibility index (Phi) is 3.26. The lowest BCUT2D eigenvalue weighted by Crippen LogP contribution is -2.31. The maximum Gasteiger partial charge on any atom is 0.242 e. The number of aromatic nitrogens is 2. The van der Waals surface area contributed by atoms with Crippen LogP contribution in [0.5, 0.6) is 0 Å². The van der Waals surface area contributed by atoms with Crippen LogP contribution in [0, 0.1) is 0 Å². The standard InChI is InChI=1S/C9H9N3O5S/c13-8(14)4-5-10-18(15,16)7-3-1-2-6-9(7)12-17-11-6/h1-3,10H,4-5H2,(H,13,14)/p-1. The highest BCUT2D eigenvalue weighted by Gasteiger charge is 2.19. The summed E-state index contributed by atoms with van der Waals surface area (Å²) >= 11 is 0. The minimum absolute atomic E-state index is 0.0958. The van der Waals surface area contributed by atoms with E-state index in [0.717, 1.165) is 0 Å². The molecule has 96 valence electrons. The molecule has 2 rings (SSSR count). The zero-order valence-electron chi connectivity index (χ0n) is 8.99. The highest BCUT2D eigenvalue weighted by Crippen LogP contribution is 2.19. The van der Waals surface area contributed by atoms with E-state index < -0.39 is 22.4 Å². The minimum Gasteiger partial charge on any atom is -0.550 e. The summed E-state index contributed by atoms with van der Waals surface area (Å²) in [6.45, 7) is -0.258. The van der Waals surface area contributed by atoms with Crippen molar-refractivity contribution in [1.82, 2.24) is 15.0 Å². The van der Waals surface area contributed by atoms with Crippen LogP contribution < -0.4 is 9.83 Å². The number of carboxylic acid groups (broad SMARTS) is 1. The fraction of sp³-hybridized carbons (Fsp3) is 0.222. The molecule has 1 N–H and O–H groups in total. The van der Waals surface area contributed by atoms with Gasteiger partial charge in [-0.3, -0.25) is 0 Å². The lowest BCUT2D eigenvalue weighted by Gasteiger charge is -2.06. The Labute approximate surface area is 102 Å². The van der Waals surface area contributed by atoms with Crippen LogP contribution in [0.25, 0.3) is 11.0 Å². The van der Waals surface area contributed by atoms with Crippen LogP contribution in [0.4, 0.5) is 0 Å². The molecule has 0 aliphatic carbocycles. The van der Waals surface area contributed by atoms with Gasteiger partial charge in [-0.25, -0.2) is 17.8 Å². The first-order chi connectivity index (χ1) is 8.50. The molecule has 0 bridgehead atoms. The molecule has 1 aromatic heterocycles. The van der Waals surface area contributed by atoms with Gasteiger partial charge in [0, 0.05) is 18.9 Å². The number of carbonyl (C=O) groups excluding carboxylic acids is 1. The number of fused-ring (bicyclic) bond motifs is 1. The molecule has 0 saturated carbocycles. The van der Waals surface area contributed by atoms with Gasteiger partial charge in [-0.05, 0) is 22.4 Å². The van der Waals surface area contributed by atoms with Gasteiger partial charge in [-0.15, -0.1) is 0 Å². The molecule has 1 heterocycles. The number of carboxylic acids is 1. The van der Waals surface area contributed by atoms with Crippen molar-refractivity contribution >= 4 is 27.0 Å². The third-order valence-corrected chi connectivity index (χ3v) is 3.65. The number of benzene rings is 1. The molecule has 0 radical (unpaired) electrons. The van der Waals surface area contributed by atoms with Crippen LogP contribution in [-0.2, 0) is 14.8 Å². The second kappa shape index (κ2) is 4.70. The molecule has 0 unspecified atom stereocenters. The summed E-state index contributed by atoms with van der Waals surface area (Å²) in [5.74, 6) is -1.33. The Morgan fingerprint density at radius 3 is 2.89 bits per heavy atom. The smallest absolute Gasteiger partial charge is 0.242 e. The highest BCUT2D eigenvalue weighted by molar-refractivity contribution is 7.89. The zero-order valence-corrected chi connectivity index (χ0v) is 9.81. The van der Waals surface area contributed by atoms with Crippen LogP contribution in [-0.4, -0.2) is 31.2 Å². The van der Waals surface area contributed by atoms with Crippen molar-refractivity contribution in [2.45, 2.75) is 11.3 Å². The molecule has 2 aromatic rings. The third kappa shape index (κ3) is 2.46. The Morgan fingerprint density at radius 1 is 1.39 bits per heavy atom. The number of nitrogens with zero attached hydrogens (tertiary/aromatic N) is 2. The topological polar surface area (TPSA) is 125 Å². The Bertz CT molecular complexity index is 678. The van der Waals surface area contributed by atoms with E-state index in [1.165, 1.54) is 12.1 Å². The van der Waals surface area contributed by atoms with Gasteiger partial charge in [-0.1, -0.05) is 6.07 Å². The largest absolute Gasteiger partial charge is 0.550 e. The molecule has 9 heteroatoms. The number of sulfonamides is 1. The second-order valence-corrected chi connectivity index (χ2v) is 5.14. The number of hydrogen-bond donors (Lipinski definition) is 1. The quantitative estimate of drug-likeness (QED) is 0.711. The van der Waals surface area contributed by atoms with Crippen LogP contribution in [0.3, 0.4) is 0 Å². The normalized spacial score (nSPS) is 11.8. The highest BCUT2D eigenvalue weighted by atomic mass is 32.2. The SMILES string of the molecule is O=C([O-])CCNS(=O)(=O)c1cccc2nonc12. The predicted octanol–water partition coefficient (Wildman–Crippen LogP) is -1.36. The lowest BCUT2D eigenvalue weighted by atomic mass is 10.3. The van der Waals surface area contributed by atoms with Gasteiger partial charge in [-0.2, -0.15) is 0 Å². The Hall–Kier alpha value is -2.00. The Morgan fingerprint density at radius 2 is 2.17 bits per heavy atom. The molecule has 1 aromatic carbocycles. The molecule has 8 nitrogen and oxygen atoms in total. The maximum atomic E-state index is 11.9. The van der Waals surface area contributed by atoms with Crippen molar-refractivity contribution in [3.05, 3.63) is 18.2 Å². The number of rotatable bonds is 5. The van der Waals surface area contributed by atoms with Gasteiger partial charge < -0.3 is 9.90 Å². The van der Waals surface area contributed by atoms with Crippen molar-refractivity contribution in [3.8, 4) is 0 Å². The van der Waals surface area contributed by atoms with E-state index in [0.29, 0.717) is 5.52 Å². The van der Waals surface area contributed by atoms with E-state index >= 15 is 0 Å². The van der Waals surface area contributed by atoms with Crippen molar-refractivity contribution in [2.24, 2.45) is 0 Å². The first-order valence-corrected chi connectivity index (χ1v) is 6.40. The maximum absolute atomic E-state index is 11.9. The number of carbonyl (C=O) groups is 1. The molecule has 0 atom stereocenters. The molecular formula is C9H8N3O5S-. The average molecular weight is 270 g/mol. The van der Waals surface area contributed by atoms with E-state index in [4.69, 9.17) is 0 Å². The van der Waals surface area contributed by atoms with Crippen LogP contribution in [0.2, 0.25) is 0 Å². The summed E-state index contributed by atoms with van der Waals surface area (Å²) in [4.78, 5) is 10.1. The summed E-state index contributed by atoms with van der Waals surface area (Å²) < 4.78 is 30.4. The van der Waals surface area contributed by atoms with Gasteiger partial charge in [0.2, 0.25) is 10.0 Å². The van der Waals surface area contributed by atoms with Crippen molar-refractivity contribution in [2.75, 3.05) is 6.54 Å². The van der Waals surface area contributed by atoms with Gasteiger partial charge >= 0.3 is 0 Å². The molecular weight excluding hydrogens is 262 g/mol. The number of nitrogens with one attached hydrogen (secondary N) is 1. The van der Waals surface area contributed by atoms with E-state index in [1.54, 1.807) is 6.07 Å². The average Bonchev–Trinajstić information content (AvgIpc) is 2.75. The number of hydrogen-bond acceptors (Lipinski definition) is 7. The lowest BCUT2D eigenvalue weighted by molar-refractivity contribution is -0.305. The second-order valence-electron chi connectivity index (χ2n) is 3.41. The molecule has 0 fully saturated rings. The first kappa shape index (κ1) is 12.5. The molecule has 0 saturated heterocycles. The Balaban J connectivity index is 2.29. The molecule has 0 aliphatic rings. The van der Waals surface area contributed by atoms with E-state index in [9.17, 15) is 18.3 Å². The summed E-state index contributed by atoms with van der Waals surface area (Å²) in [7, 11) is -3.86. The monoisotopic (exact) mass is 270 g/mol. The van der Waals surface area contributed by atoms with E-state index in [-0.39, 0.29) is 17.0 Å². The fourth-order valence-electron chi connectivity index (χ4n) is 1.36. The van der Waals surface area contributed by atoms with Crippen molar-refractivity contribution in [1.29, 1.82) is 0 Å².